The van der Waals surface area contributed by atoms with Crippen LogP contribution in [0.2, 0.25) is 0 Å². The molecule has 0 saturated heterocycles. The molecule has 2 aromatic heterocycles. The Morgan fingerprint density at radius 1 is 1.18 bits per heavy atom. The molecule has 1 aliphatic carbocycles. The molecule has 2 heterocycles. The molecule has 180 valence electrons. The summed E-state index contributed by atoms with van der Waals surface area (Å²) in [5.74, 6) is 11.4. The molecular weight excluding hydrogens is 426 g/mol. The van der Waals surface area contributed by atoms with Crippen molar-refractivity contribution in [3.05, 3.63) is 76.1 Å². The molecule has 1 aromatic carbocycles. The van der Waals surface area contributed by atoms with Crippen LogP contribution in [-0.4, -0.2) is 20.0 Å². The highest BCUT2D eigenvalue weighted by Crippen LogP contribution is 2.28. The maximum Gasteiger partial charge on any atom is 0.328 e. The lowest BCUT2D eigenvalue weighted by atomic mass is 9.95. The summed E-state index contributed by atoms with van der Waals surface area (Å²) in [4.78, 5) is 18.1. The van der Waals surface area contributed by atoms with Crippen LogP contribution in [-0.2, 0) is 13.0 Å². The summed E-state index contributed by atoms with van der Waals surface area (Å²) in [6.45, 7) is 2.70. The van der Waals surface area contributed by atoms with E-state index in [0.29, 0.717) is 18.4 Å². The van der Waals surface area contributed by atoms with Crippen LogP contribution in [0.1, 0.15) is 74.7 Å². The first kappa shape index (κ1) is 23.8. The van der Waals surface area contributed by atoms with Crippen LogP contribution in [0.3, 0.4) is 0 Å². The zero-order valence-electron chi connectivity index (χ0n) is 19.9. The Morgan fingerprint density at radius 2 is 1.97 bits per heavy atom. The number of pyridine rings is 1. The molecular formula is C26H35N7O. The van der Waals surface area contributed by atoms with Crippen LogP contribution < -0.4 is 22.8 Å². The number of rotatable bonds is 8. The molecule has 8 nitrogen and oxygen atoms in total. The van der Waals surface area contributed by atoms with Crippen LogP contribution in [0.25, 0.3) is 11.3 Å². The van der Waals surface area contributed by atoms with Crippen molar-refractivity contribution in [2.75, 3.05) is 0 Å². The minimum Gasteiger partial charge on any atom is -0.321 e. The van der Waals surface area contributed by atoms with Gasteiger partial charge in [0.1, 0.15) is 0 Å². The van der Waals surface area contributed by atoms with E-state index in [4.69, 9.17) is 11.7 Å². The van der Waals surface area contributed by atoms with E-state index in [-0.39, 0.29) is 5.69 Å². The summed E-state index contributed by atoms with van der Waals surface area (Å²) in [5, 5.41) is 3.73. The third-order valence-corrected chi connectivity index (χ3v) is 6.73. The summed E-state index contributed by atoms with van der Waals surface area (Å²) < 4.78 is 3.93. The van der Waals surface area contributed by atoms with E-state index in [1.807, 2.05) is 51.7 Å². The summed E-state index contributed by atoms with van der Waals surface area (Å²) in [7, 11) is 0. The van der Waals surface area contributed by atoms with E-state index >= 15 is 0 Å². The maximum atomic E-state index is 13.4. The van der Waals surface area contributed by atoms with Gasteiger partial charge in [-0.15, -0.1) is 0 Å². The van der Waals surface area contributed by atoms with Gasteiger partial charge in [0.05, 0.1) is 12.2 Å². The molecule has 0 bridgehead atoms. The zero-order valence-corrected chi connectivity index (χ0v) is 19.9. The normalized spacial score (nSPS) is 14.9. The second-order valence-electron chi connectivity index (χ2n) is 9.01. The summed E-state index contributed by atoms with van der Waals surface area (Å²) in [6, 6.07) is 12.0. The van der Waals surface area contributed by atoms with Gasteiger partial charge in [0.25, 0.3) is 0 Å². The predicted molar refractivity (Wildman–Crippen MR) is 136 cm³/mol. The van der Waals surface area contributed by atoms with Gasteiger partial charge in [0.2, 0.25) is 0 Å². The van der Waals surface area contributed by atoms with Gasteiger partial charge in [-0.2, -0.15) is 5.10 Å². The average Bonchev–Trinajstić information content (AvgIpc) is 3.19. The van der Waals surface area contributed by atoms with Crippen molar-refractivity contribution in [3.8, 4) is 11.3 Å². The quantitative estimate of drug-likeness (QED) is 0.205. The van der Waals surface area contributed by atoms with E-state index in [2.05, 4.69) is 28.6 Å². The van der Waals surface area contributed by atoms with Crippen LogP contribution in [0.4, 0.5) is 0 Å². The summed E-state index contributed by atoms with van der Waals surface area (Å²) in [5.41, 5.74) is 7.18. The Morgan fingerprint density at radius 3 is 2.65 bits per heavy atom. The van der Waals surface area contributed by atoms with Crippen molar-refractivity contribution in [1.29, 1.82) is 0 Å². The summed E-state index contributed by atoms with van der Waals surface area (Å²) in [6.07, 6.45) is 12.9. The number of hydrazone groups is 1. The van der Waals surface area contributed by atoms with Gasteiger partial charge in [0.15, 0.2) is 5.84 Å². The Hall–Kier alpha value is -3.39. The monoisotopic (exact) mass is 461 g/mol. The van der Waals surface area contributed by atoms with Gasteiger partial charge >= 0.3 is 5.69 Å². The first-order valence-corrected chi connectivity index (χ1v) is 12.3. The molecule has 0 radical (unpaired) electrons. The second kappa shape index (κ2) is 11.2. The van der Waals surface area contributed by atoms with E-state index in [0.717, 1.165) is 60.2 Å². The number of hydrogen-bond donors (Lipinski definition) is 3. The number of aromatic nitrogens is 3. The molecule has 0 spiro atoms. The molecule has 0 atom stereocenters. The predicted octanol–water partition coefficient (Wildman–Crippen LogP) is 3.69. The highest BCUT2D eigenvalue weighted by Gasteiger charge is 2.21. The number of nitrogens with one attached hydrogen (secondary N) is 1. The van der Waals surface area contributed by atoms with Gasteiger partial charge < -0.3 is 11.3 Å². The zero-order chi connectivity index (χ0) is 23.9. The van der Waals surface area contributed by atoms with Crippen molar-refractivity contribution >= 4 is 5.84 Å². The molecule has 0 amide bonds. The molecule has 1 saturated carbocycles. The molecule has 8 heteroatoms. The van der Waals surface area contributed by atoms with Gasteiger partial charge in [-0.05, 0) is 37.3 Å². The first-order chi connectivity index (χ1) is 16.7. The van der Waals surface area contributed by atoms with Gasteiger partial charge in [-0.3, -0.25) is 14.1 Å². The number of imidazole rings is 1. The minimum atomic E-state index is 0.102. The third kappa shape index (κ3) is 5.07. The fraction of sp³-hybridized carbons (Fsp3) is 0.423. The number of aryl methyl sites for hydroxylation is 1. The second-order valence-corrected chi connectivity index (χ2v) is 9.01. The van der Waals surface area contributed by atoms with Crippen LogP contribution >= 0.6 is 0 Å². The lowest BCUT2D eigenvalue weighted by Crippen LogP contribution is -2.32. The largest absolute Gasteiger partial charge is 0.328 e. The highest BCUT2D eigenvalue weighted by molar-refractivity contribution is 6.03. The molecule has 1 aliphatic rings. The Bertz CT molecular complexity index is 1170. The number of amidine groups is 1. The standard InChI is InChI=1S/C26H35N7O/c1-2-3-9-21-18-33(20-10-5-4-6-11-20)26(34)32(21)17-19-14-15-24(29-16-19)22-12-7-8-13-23(22)25(30-27)31-28/h7-8,12-16,18,20H,2-6,9-11,17,27-28H2,1H3,(H,30,31). The fourth-order valence-corrected chi connectivity index (χ4v) is 4.85. The van der Waals surface area contributed by atoms with Gasteiger partial charge in [-0.1, -0.05) is 62.9 Å². The Labute approximate surface area is 200 Å². The van der Waals surface area contributed by atoms with E-state index < -0.39 is 0 Å². The number of hydrogen-bond acceptors (Lipinski definition) is 5. The minimum absolute atomic E-state index is 0.102. The molecule has 1 fully saturated rings. The van der Waals surface area contributed by atoms with E-state index in [1.165, 1.54) is 19.3 Å². The highest BCUT2D eigenvalue weighted by atomic mass is 16.1. The number of unbranched alkanes of at least 4 members (excludes halogenated alkanes) is 1. The third-order valence-electron chi connectivity index (χ3n) is 6.73. The van der Waals surface area contributed by atoms with Crippen LogP contribution in [0.5, 0.6) is 0 Å². The molecule has 0 aliphatic heterocycles. The first-order valence-electron chi connectivity index (χ1n) is 12.3. The number of nitrogens with two attached hydrogens (primary N) is 2. The molecule has 3 aromatic rings. The van der Waals surface area contributed by atoms with Crippen molar-refractivity contribution < 1.29 is 0 Å². The van der Waals surface area contributed by atoms with Gasteiger partial charge in [0, 0.05) is 35.3 Å². The molecule has 5 N–H and O–H groups in total. The van der Waals surface area contributed by atoms with Crippen molar-refractivity contribution in [2.24, 2.45) is 16.8 Å². The van der Waals surface area contributed by atoms with Gasteiger partial charge in [-0.25, -0.2) is 10.6 Å². The van der Waals surface area contributed by atoms with E-state index in [9.17, 15) is 4.79 Å². The average molecular weight is 462 g/mol. The van der Waals surface area contributed by atoms with Crippen LogP contribution in [0, 0.1) is 0 Å². The number of benzene rings is 1. The van der Waals surface area contributed by atoms with Crippen LogP contribution in [0.15, 0.2) is 58.7 Å². The fourth-order valence-electron chi connectivity index (χ4n) is 4.85. The Balaban J connectivity index is 1.62. The van der Waals surface area contributed by atoms with E-state index in [1.54, 1.807) is 0 Å². The lowest BCUT2D eigenvalue weighted by molar-refractivity contribution is 0.344. The lowest BCUT2D eigenvalue weighted by Gasteiger charge is -2.22. The number of nitrogens with zero attached hydrogens (tertiary/aromatic N) is 4. The molecule has 34 heavy (non-hydrogen) atoms. The molecule has 0 unspecified atom stereocenters. The summed E-state index contributed by atoms with van der Waals surface area (Å²) >= 11 is 0. The molecule has 4 rings (SSSR count). The topological polar surface area (TPSA) is 116 Å². The maximum absolute atomic E-state index is 13.4. The van der Waals surface area contributed by atoms with Crippen molar-refractivity contribution in [3.63, 3.8) is 0 Å². The smallest absolute Gasteiger partial charge is 0.321 e. The Kier molecular flexibility index (Phi) is 7.80. The van der Waals surface area contributed by atoms with Crippen molar-refractivity contribution in [1.82, 2.24) is 19.5 Å². The number of hydrazine groups is 1. The SMILES string of the molecule is CCCCc1cn(C2CCCCC2)c(=O)n1Cc1ccc(-c2ccccc2/C(=N/N)NN)nc1. The van der Waals surface area contributed by atoms with Crippen molar-refractivity contribution in [2.45, 2.75) is 70.9 Å².